The van der Waals surface area contributed by atoms with Crippen LogP contribution in [0.4, 0.5) is 4.79 Å². The van der Waals surface area contributed by atoms with Gasteiger partial charge in [0.15, 0.2) is 0 Å². The Hall–Kier alpha value is -2.36. The number of alkyl carbamates (subject to hydrolysis) is 1. The average Bonchev–Trinajstić information content (AvgIpc) is 2.90. The molecule has 2 aromatic rings. The number of carbonyl (C=O) groups is 2. The summed E-state index contributed by atoms with van der Waals surface area (Å²) in [5.74, 6) is 0.270. The van der Waals surface area contributed by atoms with Crippen molar-refractivity contribution in [1.29, 1.82) is 0 Å². The van der Waals surface area contributed by atoms with Crippen LogP contribution in [0.15, 0.2) is 42.5 Å². The van der Waals surface area contributed by atoms with E-state index in [4.69, 9.17) is 32.7 Å². The topological polar surface area (TPSA) is 97.9 Å². The number of nitrogens with one attached hydrogen (secondary N) is 3. The molecule has 1 heterocycles. The number of benzene rings is 2. The largest absolute Gasteiger partial charge is 0.453 e. The van der Waals surface area contributed by atoms with Gasteiger partial charge in [0.1, 0.15) is 6.10 Å². The highest BCUT2D eigenvalue weighted by Crippen LogP contribution is 2.30. The molecule has 0 radical (unpaired) electrons. The molecule has 202 valence electrons. The molecule has 0 saturated carbocycles. The monoisotopic (exact) mass is 551 g/mol. The first-order valence-corrected chi connectivity index (χ1v) is 13.2. The molecule has 1 fully saturated rings. The van der Waals surface area contributed by atoms with Gasteiger partial charge in [-0.25, -0.2) is 4.79 Å². The van der Waals surface area contributed by atoms with E-state index in [0.29, 0.717) is 33.6 Å². The lowest BCUT2D eigenvalue weighted by Crippen LogP contribution is -2.41. The fourth-order valence-corrected chi connectivity index (χ4v) is 4.81. The van der Waals surface area contributed by atoms with Gasteiger partial charge in [0.2, 0.25) is 0 Å². The van der Waals surface area contributed by atoms with Crippen LogP contribution in [0.1, 0.15) is 46.9 Å². The molecule has 3 atom stereocenters. The number of hydrogen-bond acceptors (Lipinski definition) is 6. The van der Waals surface area contributed by atoms with Gasteiger partial charge in [0.25, 0.3) is 5.91 Å². The number of rotatable bonds is 12. The maximum absolute atomic E-state index is 13.1. The molecular weight excluding hydrogens is 517 g/mol. The third kappa shape index (κ3) is 9.47. The zero-order valence-electron chi connectivity index (χ0n) is 21.2. The van der Waals surface area contributed by atoms with Gasteiger partial charge in [-0.1, -0.05) is 35.3 Å². The molecule has 3 unspecified atom stereocenters. The Morgan fingerprint density at radius 1 is 1.11 bits per heavy atom. The van der Waals surface area contributed by atoms with Crippen molar-refractivity contribution in [2.24, 2.45) is 5.92 Å². The van der Waals surface area contributed by atoms with Gasteiger partial charge >= 0.3 is 6.09 Å². The lowest BCUT2D eigenvalue weighted by atomic mass is 9.94. The Labute approximate surface area is 228 Å². The molecule has 2 aromatic carbocycles. The number of ether oxygens (including phenoxy) is 3. The molecule has 0 spiro atoms. The number of methoxy groups -OCH3 is 1. The second-order valence-electron chi connectivity index (χ2n) is 9.01. The van der Waals surface area contributed by atoms with E-state index < -0.39 is 12.2 Å². The zero-order chi connectivity index (χ0) is 26.6. The van der Waals surface area contributed by atoms with E-state index >= 15 is 0 Å². The van der Waals surface area contributed by atoms with Crippen molar-refractivity contribution in [3.8, 4) is 0 Å². The van der Waals surface area contributed by atoms with Crippen molar-refractivity contribution in [3.05, 3.63) is 69.2 Å². The summed E-state index contributed by atoms with van der Waals surface area (Å²) in [6.45, 7) is 2.53. The predicted octanol–water partition coefficient (Wildman–Crippen LogP) is 4.59. The van der Waals surface area contributed by atoms with Crippen molar-refractivity contribution >= 4 is 35.2 Å². The quantitative estimate of drug-likeness (QED) is 0.334. The molecule has 37 heavy (non-hydrogen) atoms. The smallest absolute Gasteiger partial charge is 0.406 e. The van der Waals surface area contributed by atoms with Gasteiger partial charge < -0.3 is 30.2 Å². The van der Waals surface area contributed by atoms with Gasteiger partial charge in [-0.05, 0) is 73.7 Å². The lowest BCUT2D eigenvalue weighted by Gasteiger charge is -2.26. The highest BCUT2D eigenvalue weighted by molar-refractivity contribution is 6.31. The summed E-state index contributed by atoms with van der Waals surface area (Å²) in [4.78, 5) is 24.5. The van der Waals surface area contributed by atoms with Gasteiger partial charge in [0.05, 0.1) is 13.7 Å². The predicted molar refractivity (Wildman–Crippen MR) is 144 cm³/mol. The molecule has 1 aliphatic heterocycles. The summed E-state index contributed by atoms with van der Waals surface area (Å²) in [5.41, 5.74) is 1.92. The van der Waals surface area contributed by atoms with Crippen LogP contribution < -0.4 is 16.0 Å². The fraction of sp³-hybridized carbons (Fsp3) is 0.481. The van der Waals surface area contributed by atoms with Crippen LogP contribution in [-0.2, 0) is 14.2 Å². The number of halogens is 2. The van der Waals surface area contributed by atoms with Crippen LogP contribution >= 0.6 is 23.2 Å². The molecule has 0 bridgehead atoms. The Balaban J connectivity index is 1.71. The standard InChI is InChI=1S/C27H35Cl2N3O5/c1-30-24(11-18-5-4-9-36-17-18)16-32-26(33)21-12-20(14-23(29)15-21)25(19-6-3-7-22(28)13-19)37-10-8-31-27(34)35-2/h3,6-7,12-15,18,24-25,30H,4-5,8-11,16-17H2,1-2H3,(H,31,34)(H,32,33). The number of likely N-dealkylation sites (N-methyl/N-ethyl adjacent to an activating group) is 1. The first kappa shape index (κ1) is 29.2. The molecule has 10 heteroatoms. The lowest BCUT2D eigenvalue weighted by molar-refractivity contribution is 0.0478. The van der Waals surface area contributed by atoms with E-state index in [1.807, 2.05) is 19.2 Å². The fourth-order valence-electron chi connectivity index (χ4n) is 4.37. The van der Waals surface area contributed by atoms with Gasteiger partial charge in [-0.2, -0.15) is 0 Å². The van der Waals surface area contributed by atoms with E-state index in [-0.39, 0.29) is 25.1 Å². The Morgan fingerprint density at radius 2 is 1.92 bits per heavy atom. The van der Waals surface area contributed by atoms with Crippen LogP contribution in [0.25, 0.3) is 0 Å². The molecule has 0 aliphatic carbocycles. The first-order valence-electron chi connectivity index (χ1n) is 12.4. The van der Waals surface area contributed by atoms with Crippen molar-refractivity contribution in [2.45, 2.75) is 31.4 Å². The first-order chi connectivity index (χ1) is 17.9. The van der Waals surface area contributed by atoms with Crippen molar-refractivity contribution in [2.75, 3.05) is 47.1 Å². The summed E-state index contributed by atoms with van der Waals surface area (Å²) in [7, 11) is 3.20. The Bertz CT molecular complexity index is 1030. The number of hydrogen-bond donors (Lipinski definition) is 3. The molecule has 0 aromatic heterocycles. The van der Waals surface area contributed by atoms with Crippen LogP contribution in [0.5, 0.6) is 0 Å². The van der Waals surface area contributed by atoms with Crippen molar-refractivity contribution < 1.29 is 23.8 Å². The average molecular weight is 552 g/mol. The van der Waals surface area contributed by atoms with E-state index in [9.17, 15) is 9.59 Å². The van der Waals surface area contributed by atoms with Crippen molar-refractivity contribution in [1.82, 2.24) is 16.0 Å². The van der Waals surface area contributed by atoms with Gasteiger partial charge in [0, 0.05) is 48.0 Å². The van der Waals surface area contributed by atoms with Crippen LogP contribution in [0, 0.1) is 5.92 Å². The maximum atomic E-state index is 13.1. The second-order valence-corrected chi connectivity index (χ2v) is 9.88. The van der Waals surface area contributed by atoms with E-state index in [0.717, 1.165) is 38.0 Å². The summed E-state index contributed by atoms with van der Waals surface area (Å²) < 4.78 is 16.3. The highest BCUT2D eigenvalue weighted by Gasteiger charge is 2.21. The van der Waals surface area contributed by atoms with Gasteiger partial charge in [-0.3, -0.25) is 4.79 Å². The Morgan fingerprint density at radius 3 is 2.62 bits per heavy atom. The summed E-state index contributed by atoms with van der Waals surface area (Å²) in [6.07, 6.45) is 2.05. The second kappa shape index (κ2) is 15.1. The highest BCUT2D eigenvalue weighted by atomic mass is 35.5. The summed E-state index contributed by atoms with van der Waals surface area (Å²) in [6, 6.07) is 12.6. The zero-order valence-corrected chi connectivity index (χ0v) is 22.7. The SMILES string of the molecule is CNC(CNC(=O)c1cc(Cl)cc(C(OCCNC(=O)OC)c2cccc(Cl)c2)c1)CC1CCCOC1. The van der Waals surface area contributed by atoms with Gasteiger partial charge in [-0.15, -0.1) is 0 Å². The molecule has 8 nitrogen and oxygen atoms in total. The van der Waals surface area contributed by atoms with Crippen LogP contribution in [-0.4, -0.2) is 65.1 Å². The van der Waals surface area contributed by atoms with Crippen LogP contribution in [0.2, 0.25) is 10.0 Å². The summed E-state index contributed by atoms with van der Waals surface area (Å²) in [5, 5.41) is 9.88. The molecule has 1 saturated heterocycles. The number of carbonyl (C=O) groups excluding carboxylic acids is 2. The van der Waals surface area contributed by atoms with E-state index in [2.05, 4.69) is 20.7 Å². The minimum absolute atomic E-state index is 0.138. The molecule has 3 rings (SSSR count). The Kier molecular flexibility index (Phi) is 12.0. The third-order valence-corrected chi connectivity index (χ3v) is 6.72. The molecular formula is C27H35Cl2N3O5. The normalized spacial score (nSPS) is 17.0. The number of amides is 2. The van der Waals surface area contributed by atoms with Crippen molar-refractivity contribution in [3.63, 3.8) is 0 Å². The summed E-state index contributed by atoms with van der Waals surface area (Å²) >= 11 is 12.7. The van der Waals surface area contributed by atoms with Crippen LogP contribution in [0.3, 0.4) is 0 Å². The maximum Gasteiger partial charge on any atom is 0.406 e. The van der Waals surface area contributed by atoms with E-state index in [1.165, 1.54) is 7.11 Å². The molecule has 2 amide bonds. The molecule has 1 aliphatic rings. The minimum Gasteiger partial charge on any atom is -0.453 e. The minimum atomic E-state index is -0.556. The third-order valence-electron chi connectivity index (χ3n) is 6.27. The van der Waals surface area contributed by atoms with E-state index in [1.54, 1.807) is 30.3 Å². The molecule has 3 N–H and O–H groups in total.